The summed E-state index contributed by atoms with van der Waals surface area (Å²) < 4.78 is 26.5. The van der Waals surface area contributed by atoms with E-state index in [4.69, 9.17) is 0 Å². The lowest BCUT2D eigenvalue weighted by molar-refractivity contribution is 0.582. The van der Waals surface area contributed by atoms with Crippen molar-refractivity contribution >= 4 is 9.84 Å². The van der Waals surface area contributed by atoms with Crippen LogP contribution in [-0.4, -0.2) is 28.9 Å². The highest BCUT2D eigenvalue weighted by molar-refractivity contribution is 7.91. The Bertz CT molecular complexity index is 979. The molecule has 0 aliphatic rings. The first-order chi connectivity index (χ1) is 11.9. The number of benzene rings is 2. The molecule has 0 bridgehead atoms. The molecular formula is C19H21N3O2S. The highest BCUT2D eigenvalue weighted by Crippen LogP contribution is 2.27. The molecule has 0 radical (unpaired) electrons. The number of hydrogen-bond acceptors (Lipinski definition) is 4. The third kappa shape index (κ3) is 3.49. The van der Waals surface area contributed by atoms with Gasteiger partial charge in [0.1, 0.15) is 5.25 Å². The number of rotatable bonds is 5. The van der Waals surface area contributed by atoms with Crippen molar-refractivity contribution in [3.05, 3.63) is 66.0 Å². The van der Waals surface area contributed by atoms with E-state index in [9.17, 15) is 8.42 Å². The van der Waals surface area contributed by atoms with Crippen molar-refractivity contribution < 1.29 is 8.42 Å². The minimum absolute atomic E-state index is 0.0650. The summed E-state index contributed by atoms with van der Waals surface area (Å²) in [6.45, 7) is 5.31. The fourth-order valence-electron chi connectivity index (χ4n) is 2.66. The van der Waals surface area contributed by atoms with Gasteiger partial charge in [0.2, 0.25) is 0 Å². The molecule has 5 nitrogen and oxygen atoms in total. The first kappa shape index (κ1) is 17.4. The minimum atomic E-state index is -3.28. The Morgan fingerprint density at radius 3 is 2.44 bits per heavy atom. The molecule has 1 atom stereocenters. The van der Waals surface area contributed by atoms with E-state index in [0.717, 1.165) is 16.8 Å². The van der Waals surface area contributed by atoms with Crippen LogP contribution in [0.5, 0.6) is 0 Å². The molecule has 0 amide bonds. The first-order valence-corrected chi connectivity index (χ1v) is 9.95. The van der Waals surface area contributed by atoms with Gasteiger partial charge in [0.05, 0.1) is 5.69 Å². The Hall–Kier alpha value is -2.47. The summed E-state index contributed by atoms with van der Waals surface area (Å²) in [6.07, 6.45) is 0. The zero-order valence-electron chi connectivity index (χ0n) is 14.5. The van der Waals surface area contributed by atoms with Gasteiger partial charge in [-0.1, -0.05) is 49.4 Å². The normalized spacial score (nSPS) is 12.9. The van der Waals surface area contributed by atoms with Crippen LogP contribution < -0.4 is 0 Å². The quantitative estimate of drug-likeness (QED) is 0.699. The highest BCUT2D eigenvalue weighted by atomic mass is 32.2. The molecular weight excluding hydrogens is 334 g/mol. The van der Waals surface area contributed by atoms with Gasteiger partial charge in [-0.25, -0.2) is 18.1 Å². The van der Waals surface area contributed by atoms with Crippen molar-refractivity contribution in [2.75, 3.05) is 5.75 Å². The Morgan fingerprint density at radius 1 is 1.08 bits per heavy atom. The smallest absolute Gasteiger partial charge is 0.181 e. The third-order valence-electron chi connectivity index (χ3n) is 4.22. The molecule has 0 spiro atoms. The first-order valence-electron chi connectivity index (χ1n) is 8.23. The van der Waals surface area contributed by atoms with Gasteiger partial charge in [-0.05, 0) is 31.5 Å². The Balaban J connectivity index is 2.20. The van der Waals surface area contributed by atoms with Crippen molar-refractivity contribution in [1.82, 2.24) is 14.8 Å². The highest BCUT2D eigenvalue weighted by Gasteiger charge is 2.27. The Kier molecular flexibility index (Phi) is 4.72. The molecule has 0 N–H and O–H groups in total. The molecule has 2 aromatic carbocycles. The average molecular weight is 355 g/mol. The summed E-state index contributed by atoms with van der Waals surface area (Å²) >= 11 is 0. The van der Waals surface area contributed by atoms with Crippen LogP contribution >= 0.6 is 0 Å². The van der Waals surface area contributed by atoms with E-state index < -0.39 is 15.1 Å². The largest absolute Gasteiger partial charge is 0.228 e. The van der Waals surface area contributed by atoms with Crippen LogP contribution in [0.15, 0.2) is 54.6 Å². The predicted octanol–water partition coefficient (Wildman–Crippen LogP) is 3.74. The summed E-state index contributed by atoms with van der Waals surface area (Å²) in [4.78, 5) is 4.57. The van der Waals surface area contributed by atoms with Crippen LogP contribution in [-0.2, 0) is 9.84 Å². The van der Waals surface area contributed by atoms with Crippen molar-refractivity contribution in [3.8, 4) is 17.1 Å². The lowest BCUT2D eigenvalue weighted by Gasteiger charge is -2.12. The van der Waals surface area contributed by atoms with E-state index >= 15 is 0 Å². The van der Waals surface area contributed by atoms with Crippen LogP contribution in [0.4, 0.5) is 0 Å². The number of nitrogens with zero attached hydrogens (tertiary/aromatic N) is 3. The van der Waals surface area contributed by atoms with E-state index in [1.165, 1.54) is 0 Å². The Morgan fingerprint density at radius 2 is 1.80 bits per heavy atom. The number of aryl methyl sites for hydroxylation is 1. The number of sulfone groups is 1. The molecule has 1 aromatic heterocycles. The molecule has 0 fully saturated rings. The van der Waals surface area contributed by atoms with Gasteiger partial charge >= 0.3 is 0 Å². The van der Waals surface area contributed by atoms with Crippen LogP contribution in [0.25, 0.3) is 17.1 Å². The Labute approximate surface area is 148 Å². The second-order valence-corrected chi connectivity index (χ2v) is 8.61. The summed E-state index contributed by atoms with van der Waals surface area (Å²) in [5.41, 5.74) is 2.74. The minimum Gasteiger partial charge on any atom is -0.228 e. The monoisotopic (exact) mass is 355 g/mol. The van der Waals surface area contributed by atoms with Crippen molar-refractivity contribution in [1.29, 1.82) is 0 Å². The molecule has 3 aromatic rings. The van der Waals surface area contributed by atoms with Gasteiger partial charge in [-0.3, -0.25) is 0 Å². The second-order valence-electron chi connectivity index (χ2n) is 6.00. The maximum absolute atomic E-state index is 12.4. The van der Waals surface area contributed by atoms with Crippen LogP contribution in [0.3, 0.4) is 0 Å². The van der Waals surface area contributed by atoms with Gasteiger partial charge in [-0.15, -0.1) is 5.10 Å². The van der Waals surface area contributed by atoms with Crippen LogP contribution in [0.1, 0.15) is 30.5 Å². The molecule has 130 valence electrons. The molecule has 0 unspecified atom stereocenters. The molecule has 25 heavy (non-hydrogen) atoms. The molecule has 0 aliphatic heterocycles. The third-order valence-corrected chi connectivity index (χ3v) is 6.31. The standard InChI is InChI=1S/C19H21N3O2S/c1-4-25(23,24)15(3)19-20-18(16-10-6-5-7-11-16)21-22(19)17-12-8-9-14(2)13-17/h5-13,15H,4H2,1-3H3/t15-/m0/s1. The fourth-order valence-corrected chi connectivity index (χ4v) is 3.63. The van der Waals surface area contributed by atoms with Crippen molar-refractivity contribution in [2.45, 2.75) is 26.0 Å². The van der Waals surface area contributed by atoms with Gasteiger partial charge in [0, 0.05) is 11.3 Å². The van der Waals surface area contributed by atoms with Crippen LogP contribution in [0.2, 0.25) is 0 Å². The van der Waals surface area contributed by atoms with E-state index in [2.05, 4.69) is 10.1 Å². The van der Waals surface area contributed by atoms with Gasteiger partial charge in [0.25, 0.3) is 0 Å². The van der Waals surface area contributed by atoms with E-state index in [-0.39, 0.29) is 5.75 Å². The van der Waals surface area contributed by atoms with Gasteiger partial charge < -0.3 is 0 Å². The van der Waals surface area contributed by atoms with Gasteiger partial charge in [0.15, 0.2) is 21.5 Å². The van der Waals surface area contributed by atoms with Gasteiger partial charge in [-0.2, -0.15) is 0 Å². The van der Waals surface area contributed by atoms with Crippen molar-refractivity contribution in [3.63, 3.8) is 0 Å². The van der Waals surface area contributed by atoms with E-state index in [1.54, 1.807) is 18.5 Å². The number of aromatic nitrogens is 3. The average Bonchev–Trinajstić information content (AvgIpc) is 3.07. The second kappa shape index (κ2) is 6.80. The molecule has 1 heterocycles. The molecule has 3 rings (SSSR count). The summed E-state index contributed by atoms with van der Waals surface area (Å²) in [5.74, 6) is 1.02. The fraction of sp³-hybridized carbons (Fsp3) is 0.263. The molecule has 0 saturated carbocycles. The predicted molar refractivity (Wildman–Crippen MR) is 99.4 cm³/mol. The van der Waals surface area contributed by atoms with Crippen molar-refractivity contribution in [2.24, 2.45) is 0 Å². The molecule has 0 saturated heterocycles. The summed E-state index contributed by atoms with van der Waals surface area (Å²) in [6, 6.07) is 17.4. The number of hydrogen-bond donors (Lipinski definition) is 0. The zero-order valence-corrected chi connectivity index (χ0v) is 15.4. The summed E-state index contributed by atoms with van der Waals surface area (Å²) in [7, 11) is -3.28. The lowest BCUT2D eigenvalue weighted by Crippen LogP contribution is -2.17. The SMILES string of the molecule is CCS(=O)(=O)[C@@H](C)c1nc(-c2ccccc2)nn1-c1cccc(C)c1. The topological polar surface area (TPSA) is 64.8 Å². The maximum Gasteiger partial charge on any atom is 0.181 e. The molecule has 0 aliphatic carbocycles. The lowest BCUT2D eigenvalue weighted by atomic mass is 10.2. The van der Waals surface area contributed by atoms with E-state index in [1.807, 2.05) is 61.5 Å². The van der Waals surface area contributed by atoms with Crippen LogP contribution in [0, 0.1) is 6.92 Å². The van der Waals surface area contributed by atoms with E-state index in [0.29, 0.717) is 11.6 Å². The zero-order chi connectivity index (χ0) is 18.0. The molecule has 6 heteroatoms. The maximum atomic E-state index is 12.4. The summed E-state index contributed by atoms with van der Waals surface area (Å²) in [5, 5.41) is 3.87.